The van der Waals surface area contributed by atoms with E-state index in [1.54, 1.807) is 19.4 Å². The van der Waals surface area contributed by atoms with E-state index in [1.807, 2.05) is 55.4 Å². The molecule has 0 saturated carbocycles. The summed E-state index contributed by atoms with van der Waals surface area (Å²) >= 11 is 0. The molecule has 1 unspecified atom stereocenters. The number of carbonyl (C=O) groups is 1. The van der Waals surface area contributed by atoms with Gasteiger partial charge < -0.3 is 14.5 Å². The fraction of sp³-hybridized carbons (Fsp3) is 0.278. The van der Waals surface area contributed by atoms with E-state index in [9.17, 15) is 4.79 Å². The average Bonchev–Trinajstić information content (AvgIpc) is 3.07. The van der Waals surface area contributed by atoms with Crippen molar-refractivity contribution in [2.24, 2.45) is 0 Å². The maximum absolute atomic E-state index is 12.0. The molecule has 1 atom stereocenters. The first-order chi connectivity index (χ1) is 11.1. The van der Waals surface area contributed by atoms with Crippen molar-refractivity contribution in [3.63, 3.8) is 0 Å². The van der Waals surface area contributed by atoms with Crippen LogP contribution in [0.3, 0.4) is 0 Å². The molecule has 0 saturated heterocycles. The van der Waals surface area contributed by atoms with E-state index in [0.717, 1.165) is 17.1 Å². The summed E-state index contributed by atoms with van der Waals surface area (Å²) in [4.78, 5) is 14.0. The summed E-state index contributed by atoms with van der Waals surface area (Å²) in [5.41, 5.74) is 0.912. The van der Waals surface area contributed by atoms with Crippen LogP contribution in [0.15, 0.2) is 53.2 Å². The lowest BCUT2D eigenvalue weighted by Crippen LogP contribution is -2.33. The van der Waals surface area contributed by atoms with Gasteiger partial charge in [-0.2, -0.15) is 0 Å². The number of amides is 1. The van der Waals surface area contributed by atoms with E-state index in [4.69, 9.17) is 9.15 Å². The highest BCUT2D eigenvalue weighted by molar-refractivity contribution is 5.91. The summed E-state index contributed by atoms with van der Waals surface area (Å²) in [5, 5.41) is 2.89. The van der Waals surface area contributed by atoms with Gasteiger partial charge in [0.1, 0.15) is 11.5 Å². The second-order valence-electron chi connectivity index (χ2n) is 5.35. The Hall–Kier alpha value is -2.53. The van der Waals surface area contributed by atoms with Crippen molar-refractivity contribution in [3.8, 4) is 5.75 Å². The quantitative estimate of drug-likeness (QED) is 0.798. The first-order valence-corrected chi connectivity index (χ1v) is 7.40. The number of hydrogen-bond donors (Lipinski definition) is 1. The number of benzene rings is 1. The fourth-order valence-electron chi connectivity index (χ4n) is 2.19. The van der Waals surface area contributed by atoms with Crippen LogP contribution in [0.4, 0.5) is 0 Å². The molecule has 1 aromatic carbocycles. The molecule has 0 radical (unpaired) electrons. The maximum Gasteiger partial charge on any atom is 0.244 e. The van der Waals surface area contributed by atoms with E-state index in [2.05, 4.69) is 5.32 Å². The molecular formula is C18H22N2O3. The van der Waals surface area contributed by atoms with Crippen LogP contribution >= 0.6 is 0 Å². The molecule has 2 rings (SSSR count). The van der Waals surface area contributed by atoms with Gasteiger partial charge >= 0.3 is 0 Å². The van der Waals surface area contributed by atoms with E-state index in [-0.39, 0.29) is 11.9 Å². The Bertz CT molecular complexity index is 648. The molecule has 1 N–H and O–H groups in total. The van der Waals surface area contributed by atoms with Gasteiger partial charge in [-0.05, 0) is 50.0 Å². The Labute approximate surface area is 136 Å². The zero-order chi connectivity index (χ0) is 16.7. The highest BCUT2D eigenvalue weighted by atomic mass is 16.5. The second kappa shape index (κ2) is 8.19. The number of nitrogens with one attached hydrogen (secondary N) is 1. The SMILES string of the molecule is COc1cccc(/C=C/C(=O)NCC(c2ccco2)N(C)C)c1. The van der Waals surface area contributed by atoms with Gasteiger partial charge in [0, 0.05) is 12.6 Å². The summed E-state index contributed by atoms with van der Waals surface area (Å²) in [7, 11) is 5.52. The van der Waals surface area contributed by atoms with Crippen molar-refractivity contribution in [1.82, 2.24) is 10.2 Å². The van der Waals surface area contributed by atoms with Gasteiger partial charge in [0.05, 0.1) is 19.4 Å². The molecule has 23 heavy (non-hydrogen) atoms. The molecule has 122 valence electrons. The minimum atomic E-state index is -0.147. The predicted octanol–water partition coefficient (Wildman–Crippen LogP) is 2.72. The number of nitrogens with zero attached hydrogens (tertiary/aromatic N) is 1. The third-order valence-corrected chi connectivity index (χ3v) is 3.49. The first kappa shape index (κ1) is 16.8. The van der Waals surface area contributed by atoms with Crippen LogP contribution in [0, 0.1) is 0 Å². The molecule has 0 aliphatic carbocycles. The molecule has 2 aromatic rings. The standard InChI is InChI=1S/C18H22N2O3/c1-20(2)16(17-8-5-11-23-17)13-19-18(21)10-9-14-6-4-7-15(12-14)22-3/h4-12,16H,13H2,1-3H3,(H,19,21)/b10-9+. The topological polar surface area (TPSA) is 54.7 Å². The van der Waals surface area contributed by atoms with Gasteiger partial charge in [0.15, 0.2) is 0 Å². The van der Waals surface area contributed by atoms with Crippen molar-refractivity contribution < 1.29 is 13.9 Å². The third kappa shape index (κ3) is 5.00. The van der Waals surface area contributed by atoms with E-state index in [0.29, 0.717) is 6.54 Å². The summed E-state index contributed by atoms with van der Waals surface area (Å²) in [5.74, 6) is 1.44. The molecule has 5 heteroatoms. The Kier molecular flexibility index (Phi) is 6.00. The summed E-state index contributed by atoms with van der Waals surface area (Å²) in [6, 6.07) is 11.3. The Morgan fingerprint density at radius 2 is 2.17 bits per heavy atom. The first-order valence-electron chi connectivity index (χ1n) is 7.40. The number of ether oxygens (including phenoxy) is 1. The highest BCUT2D eigenvalue weighted by Crippen LogP contribution is 2.17. The number of furan rings is 1. The number of carbonyl (C=O) groups excluding carboxylic acids is 1. The molecule has 0 aliphatic rings. The van der Waals surface area contributed by atoms with Crippen LogP contribution in [-0.2, 0) is 4.79 Å². The number of likely N-dealkylation sites (N-methyl/N-ethyl adjacent to an activating group) is 1. The Balaban J connectivity index is 1.92. The molecule has 1 aromatic heterocycles. The Morgan fingerprint density at radius 3 is 2.83 bits per heavy atom. The van der Waals surface area contributed by atoms with Crippen LogP contribution in [0.2, 0.25) is 0 Å². The summed E-state index contributed by atoms with van der Waals surface area (Å²) < 4.78 is 10.6. The van der Waals surface area contributed by atoms with Gasteiger partial charge in [0.25, 0.3) is 0 Å². The minimum absolute atomic E-state index is 0.000769. The van der Waals surface area contributed by atoms with E-state index in [1.165, 1.54) is 6.08 Å². The lowest BCUT2D eigenvalue weighted by molar-refractivity contribution is -0.116. The number of methoxy groups -OCH3 is 1. The summed E-state index contributed by atoms with van der Waals surface area (Å²) in [6.07, 6.45) is 4.91. The van der Waals surface area contributed by atoms with Gasteiger partial charge in [-0.1, -0.05) is 12.1 Å². The summed E-state index contributed by atoms with van der Waals surface area (Å²) in [6.45, 7) is 0.474. The maximum atomic E-state index is 12.0. The van der Waals surface area contributed by atoms with Crippen molar-refractivity contribution in [2.45, 2.75) is 6.04 Å². The van der Waals surface area contributed by atoms with Gasteiger partial charge in [-0.3, -0.25) is 9.69 Å². The number of hydrogen-bond acceptors (Lipinski definition) is 4. The molecule has 0 bridgehead atoms. The highest BCUT2D eigenvalue weighted by Gasteiger charge is 2.17. The molecule has 5 nitrogen and oxygen atoms in total. The van der Waals surface area contributed by atoms with E-state index >= 15 is 0 Å². The third-order valence-electron chi connectivity index (χ3n) is 3.49. The molecule has 1 amide bonds. The van der Waals surface area contributed by atoms with Crippen LogP contribution in [0.1, 0.15) is 17.4 Å². The fourth-order valence-corrected chi connectivity index (χ4v) is 2.19. The van der Waals surface area contributed by atoms with Crippen LogP contribution in [-0.4, -0.2) is 38.6 Å². The smallest absolute Gasteiger partial charge is 0.244 e. The van der Waals surface area contributed by atoms with Crippen LogP contribution in [0.25, 0.3) is 6.08 Å². The average molecular weight is 314 g/mol. The zero-order valence-electron chi connectivity index (χ0n) is 13.7. The van der Waals surface area contributed by atoms with Gasteiger partial charge in [-0.15, -0.1) is 0 Å². The van der Waals surface area contributed by atoms with Gasteiger partial charge in [0.2, 0.25) is 5.91 Å². The van der Waals surface area contributed by atoms with Crippen molar-refractivity contribution in [3.05, 3.63) is 60.1 Å². The zero-order valence-corrected chi connectivity index (χ0v) is 13.7. The Morgan fingerprint density at radius 1 is 1.35 bits per heavy atom. The monoisotopic (exact) mass is 314 g/mol. The molecule has 1 heterocycles. The molecule has 0 aliphatic heterocycles. The van der Waals surface area contributed by atoms with Crippen LogP contribution in [0.5, 0.6) is 5.75 Å². The van der Waals surface area contributed by atoms with Gasteiger partial charge in [-0.25, -0.2) is 0 Å². The second-order valence-corrected chi connectivity index (χ2v) is 5.35. The molecular weight excluding hydrogens is 292 g/mol. The van der Waals surface area contributed by atoms with E-state index < -0.39 is 0 Å². The molecule has 0 spiro atoms. The normalized spacial score (nSPS) is 12.5. The largest absolute Gasteiger partial charge is 0.497 e. The number of rotatable bonds is 7. The predicted molar refractivity (Wildman–Crippen MR) is 90.2 cm³/mol. The minimum Gasteiger partial charge on any atom is -0.497 e. The molecule has 0 fully saturated rings. The van der Waals surface area contributed by atoms with Crippen molar-refractivity contribution in [2.75, 3.05) is 27.7 Å². The van der Waals surface area contributed by atoms with Crippen molar-refractivity contribution >= 4 is 12.0 Å². The lowest BCUT2D eigenvalue weighted by Gasteiger charge is -2.22. The van der Waals surface area contributed by atoms with Crippen molar-refractivity contribution in [1.29, 1.82) is 0 Å². The lowest BCUT2D eigenvalue weighted by atomic mass is 10.2. The van der Waals surface area contributed by atoms with Crippen LogP contribution < -0.4 is 10.1 Å².